The second-order valence-corrected chi connectivity index (χ2v) is 1.000. The van der Waals surface area contributed by atoms with E-state index in [1.54, 1.807) is 0 Å². The third kappa shape index (κ3) is 787. The normalized spacial score (nSPS) is 4.50. The summed E-state index contributed by atoms with van der Waals surface area (Å²) in [6, 6.07) is 0. The number of halogens is 2. The fraction of sp³-hybridized carbons (Fsp3) is 1.00. The van der Waals surface area contributed by atoms with Gasteiger partial charge in [-0.1, -0.05) is 0 Å². The number of rotatable bonds is 0. The van der Waals surface area contributed by atoms with E-state index in [2.05, 4.69) is 11.5 Å². The maximum absolute atomic E-state index is 3.49. The third-order valence-electron chi connectivity index (χ3n) is 0. The SMILES string of the molecule is CC[NH3+].CC[NH3+].[Cl-].[Cl-]. The zero-order valence-corrected chi connectivity index (χ0v) is 7.10. The van der Waals surface area contributed by atoms with Crippen LogP contribution in [0.1, 0.15) is 13.8 Å². The van der Waals surface area contributed by atoms with Crippen molar-refractivity contribution < 1.29 is 36.3 Å². The lowest BCUT2D eigenvalue weighted by atomic mass is 10.8. The molecule has 0 unspecified atom stereocenters. The van der Waals surface area contributed by atoms with Crippen LogP contribution in [0.15, 0.2) is 0 Å². The van der Waals surface area contributed by atoms with Crippen molar-refractivity contribution in [3.05, 3.63) is 0 Å². The molecule has 0 saturated heterocycles. The van der Waals surface area contributed by atoms with Crippen molar-refractivity contribution in [1.29, 1.82) is 0 Å². The van der Waals surface area contributed by atoms with Crippen molar-refractivity contribution in [2.45, 2.75) is 13.8 Å². The minimum Gasteiger partial charge on any atom is -1.00 e. The summed E-state index contributed by atoms with van der Waals surface area (Å²) in [6.07, 6.45) is 0. The highest BCUT2D eigenvalue weighted by Crippen LogP contribution is 1.14. The van der Waals surface area contributed by atoms with Crippen LogP contribution in [0.3, 0.4) is 0 Å². The van der Waals surface area contributed by atoms with Crippen LogP contribution in [-0.4, -0.2) is 13.1 Å². The van der Waals surface area contributed by atoms with Crippen LogP contribution in [0.4, 0.5) is 0 Å². The average Bonchev–Trinajstić information content (AvgIpc) is 1.39. The van der Waals surface area contributed by atoms with Gasteiger partial charge in [0, 0.05) is 0 Å². The van der Waals surface area contributed by atoms with Gasteiger partial charge in [0.15, 0.2) is 0 Å². The maximum atomic E-state index is 3.49. The first kappa shape index (κ1) is 23.6. The van der Waals surface area contributed by atoms with Crippen LogP contribution in [-0.2, 0) is 0 Å². The molecule has 56 valence electrons. The number of quaternary nitrogens is 2. The van der Waals surface area contributed by atoms with Crippen molar-refractivity contribution in [2.24, 2.45) is 0 Å². The summed E-state index contributed by atoms with van der Waals surface area (Å²) in [4.78, 5) is 0. The molecule has 0 heterocycles. The highest BCUT2D eigenvalue weighted by atomic mass is 35.5. The Morgan fingerprint density at radius 3 is 0.875 bits per heavy atom. The largest absolute Gasteiger partial charge is 1.00 e. The molecule has 0 saturated carbocycles. The van der Waals surface area contributed by atoms with Crippen LogP contribution in [0.5, 0.6) is 0 Å². The Morgan fingerprint density at radius 2 is 0.875 bits per heavy atom. The lowest BCUT2D eigenvalue weighted by Gasteiger charge is -1.49. The molecule has 0 aromatic carbocycles. The smallest absolute Gasteiger partial charge is 0.0711 e. The molecule has 0 aliphatic carbocycles. The van der Waals surface area contributed by atoms with Crippen molar-refractivity contribution in [3.63, 3.8) is 0 Å². The highest BCUT2D eigenvalue weighted by Gasteiger charge is 1.37. The second kappa shape index (κ2) is 50.7. The first-order chi connectivity index (χ1) is 2.83. The van der Waals surface area contributed by atoms with Crippen LogP contribution in [0.2, 0.25) is 0 Å². The van der Waals surface area contributed by atoms with E-state index in [1.807, 2.05) is 13.8 Å². The summed E-state index contributed by atoms with van der Waals surface area (Å²) in [5, 5.41) is 0. The lowest BCUT2D eigenvalue weighted by molar-refractivity contribution is -0.362. The molecule has 8 heavy (non-hydrogen) atoms. The number of hydrogen-bond acceptors (Lipinski definition) is 0. The monoisotopic (exact) mass is 162 g/mol. The molecule has 0 bridgehead atoms. The van der Waals surface area contributed by atoms with Crippen molar-refractivity contribution in [1.82, 2.24) is 0 Å². The molecule has 2 nitrogen and oxygen atoms in total. The molecular weight excluding hydrogens is 147 g/mol. The molecule has 0 rings (SSSR count). The molecule has 0 amide bonds. The molecule has 0 aromatic heterocycles. The predicted molar refractivity (Wildman–Crippen MR) is 26.9 cm³/mol. The van der Waals surface area contributed by atoms with Crippen molar-refractivity contribution in [2.75, 3.05) is 13.1 Å². The molecule has 0 aliphatic rings. The van der Waals surface area contributed by atoms with Gasteiger partial charge in [-0.2, -0.15) is 0 Å². The van der Waals surface area contributed by atoms with Gasteiger partial charge in [-0.25, -0.2) is 0 Å². The van der Waals surface area contributed by atoms with E-state index in [0.29, 0.717) is 0 Å². The standard InChI is InChI=1S/2C2H7N.2ClH/c2*1-2-3;;/h2*2-3H2,1H3;2*1H. The Hall–Kier alpha value is 0.500. The third-order valence-corrected chi connectivity index (χ3v) is 0. The minimum atomic E-state index is 0. The van der Waals surface area contributed by atoms with Crippen molar-refractivity contribution >= 4 is 0 Å². The predicted octanol–water partition coefficient (Wildman–Crippen LogP) is -7.50. The zero-order valence-electron chi connectivity index (χ0n) is 5.58. The van der Waals surface area contributed by atoms with Crippen molar-refractivity contribution in [3.8, 4) is 0 Å². The van der Waals surface area contributed by atoms with E-state index in [4.69, 9.17) is 0 Å². The van der Waals surface area contributed by atoms with E-state index in [1.165, 1.54) is 0 Å². The lowest BCUT2D eigenvalue weighted by Crippen LogP contribution is -3.00. The molecule has 0 fully saturated rings. The van der Waals surface area contributed by atoms with E-state index < -0.39 is 0 Å². The zero-order chi connectivity index (χ0) is 5.41. The quantitative estimate of drug-likeness (QED) is 0.356. The summed E-state index contributed by atoms with van der Waals surface area (Å²) in [6.45, 7) is 6.03. The van der Waals surface area contributed by atoms with Gasteiger partial charge in [-0.15, -0.1) is 0 Å². The molecule has 4 heteroatoms. The minimum absolute atomic E-state index is 0. The summed E-state index contributed by atoms with van der Waals surface area (Å²) in [7, 11) is 0. The van der Waals surface area contributed by atoms with Gasteiger partial charge in [-0.05, 0) is 13.8 Å². The van der Waals surface area contributed by atoms with E-state index in [9.17, 15) is 0 Å². The van der Waals surface area contributed by atoms with Crippen LogP contribution in [0.25, 0.3) is 0 Å². The molecule has 0 radical (unpaired) electrons. The summed E-state index contributed by atoms with van der Waals surface area (Å²) < 4.78 is 0. The molecule has 0 aliphatic heterocycles. The van der Waals surface area contributed by atoms with Crippen LogP contribution >= 0.6 is 0 Å². The Balaban J connectivity index is -0.0000000160. The first-order valence-electron chi connectivity index (χ1n) is 2.41. The Kier molecular flexibility index (Phi) is 150. The van der Waals surface area contributed by atoms with Gasteiger partial charge in [0.2, 0.25) is 0 Å². The molecular formula is C4H16Cl2N2. The fourth-order valence-corrected chi connectivity index (χ4v) is 0. The van der Waals surface area contributed by atoms with E-state index >= 15 is 0 Å². The Labute approximate surface area is 63.8 Å². The first-order valence-corrected chi connectivity index (χ1v) is 2.41. The van der Waals surface area contributed by atoms with E-state index in [-0.39, 0.29) is 24.8 Å². The number of hydrogen-bond donors (Lipinski definition) is 2. The highest BCUT2D eigenvalue weighted by molar-refractivity contribution is 3.80. The van der Waals surface area contributed by atoms with Gasteiger partial charge < -0.3 is 36.3 Å². The van der Waals surface area contributed by atoms with Gasteiger partial charge in [0.05, 0.1) is 13.1 Å². The van der Waals surface area contributed by atoms with E-state index in [0.717, 1.165) is 13.1 Å². The molecule has 0 aromatic rings. The summed E-state index contributed by atoms with van der Waals surface area (Å²) in [5.41, 5.74) is 6.97. The Bertz CT molecular complexity index is 14.0. The second-order valence-electron chi connectivity index (χ2n) is 1.000. The summed E-state index contributed by atoms with van der Waals surface area (Å²) >= 11 is 0. The molecule has 0 spiro atoms. The van der Waals surface area contributed by atoms with Crippen LogP contribution in [0, 0.1) is 0 Å². The fourth-order valence-electron chi connectivity index (χ4n) is 0. The summed E-state index contributed by atoms with van der Waals surface area (Å²) in [5.74, 6) is 0. The molecule has 0 atom stereocenters. The van der Waals surface area contributed by atoms with Gasteiger partial charge in [0.1, 0.15) is 0 Å². The van der Waals surface area contributed by atoms with Gasteiger partial charge in [-0.3, -0.25) is 0 Å². The Morgan fingerprint density at radius 1 is 0.875 bits per heavy atom. The van der Waals surface area contributed by atoms with Gasteiger partial charge in [0.25, 0.3) is 0 Å². The average molecular weight is 163 g/mol. The van der Waals surface area contributed by atoms with Gasteiger partial charge >= 0.3 is 0 Å². The molecule has 6 N–H and O–H groups in total. The maximum Gasteiger partial charge on any atom is 0.0711 e. The topological polar surface area (TPSA) is 55.3 Å². The van der Waals surface area contributed by atoms with Crippen LogP contribution < -0.4 is 36.3 Å².